The summed E-state index contributed by atoms with van der Waals surface area (Å²) < 4.78 is 32.0. The van der Waals surface area contributed by atoms with Gasteiger partial charge in [-0.3, -0.25) is 4.18 Å². The second-order valence-electron chi connectivity index (χ2n) is 5.58. The van der Waals surface area contributed by atoms with E-state index in [2.05, 4.69) is 5.32 Å². The highest BCUT2D eigenvalue weighted by molar-refractivity contribution is 7.86. The SMILES string of the molecule is CC(C)(C)OC(=O)N[C@@H]1CC[C@@H](OS(C)(=O)=O)C1. The van der Waals surface area contributed by atoms with E-state index in [1.807, 2.05) is 0 Å². The molecule has 1 aliphatic rings. The molecule has 1 N–H and O–H groups in total. The van der Waals surface area contributed by atoms with Crippen LogP contribution in [0.2, 0.25) is 0 Å². The van der Waals surface area contributed by atoms with E-state index in [0.717, 1.165) is 6.26 Å². The summed E-state index contributed by atoms with van der Waals surface area (Å²) in [6.07, 6.45) is 2.01. The number of amides is 1. The van der Waals surface area contributed by atoms with Crippen molar-refractivity contribution in [1.82, 2.24) is 5.32 Å². The molecule has 0 heterocycles. The summed E-state index contributed by atoms with van der Waals surface area (Å²) in [7, 11) is -3.43. The van der Waals surface area contributed by atoms with Gasteiger partial charge in [0.1, 0.15) is 5.60 Å². The Hall–Kier alpha value is -0.820. The first-order valence-corrected chi connectivity index (χ1v) is 7.74. The highest BCUT2D eigenvalue weighted by atomic mass is 32.2. The lowest BCUT2D eigenvalue weighted by atomic mass is 10.2. The maximum absolute atomic E-state index is 11.5. The van der Waals surface area contributed by atoms with E-state index in [1.165, 1.54) is 0 Å². The third-order valence-corrected chi connectivity index (χ3v) is 3.04. The fourth-order valence-electron chi connectivity index (χ4n) is 1.88. The number of carbonyl (C=O) groups is 1. The Morgan fingerprint density at radius 2 is 1.89 bits per heavy atom. The second kappa shape index (κ2) is 5.44. The molecule has 0 saturated heterocycles. The first-order chi connectivity index (χ1) is 8.05. The largest absolute Gasteiger partial charge is 0.444 e. The van der Waals surface area contributed by atoms with E-state index >= 15 is 0 Å². The average Bonchev–Trinajstić information content (AvgIpc) is 2.44. The molecule has 0 aliphatic heterocycles. The zero-order valence-electron chi connectivity index (χ0n) is 11.2. The molecule has 0 aromatic heterocycles. The van der Waals surface area contributed by atoms with E-state index in [9.17, 15) is 13.2 Å². The van der Waals surface area contributed by atoms with Gasteiger partial charge in [0.05, 0.1) is 12.4 Å². The van der Waals surface area contributed by atoms with Crippen LogP contribution in [0.25, 0.3) is 0 Å². The van der Waals surface area contributed by atoms with Crippen molar-refractivity contribution in [2.45, 2.75) is 57.8 Å². The van der Waals surface area contributed by atoms with Gasteiger partial charge in [-0.2, -0.15) is 8.42 Å². The minimum atomic E-state index is -3.43. The standard InChI is InChI=1S/C11H21NO5S/c1-11(2,3)16-10(13)12-8-5-6-9(7-8)17-18(4,14)15/h8-9H,5-7H2,1-4H3,(H,12,13)/t8-,9-/m1/s1. The topological polar surface area (TPSA) is 81.7 Å². The zero-order chi connectivity index (χ0) is 14.0. The van der Waals surface area contributed by atoms with Gasteiger partial charge in [-0.25, -0.2) is 4.79 Å². The van der Waals surface area contributed by atoms with E-state index in [4.69, 9.17) is 8.92 Å². The van der Waals surface area contributed by atoms with Crippen molar-refractivity contribution >= 4 is 16.2 Å². The number of rotatable bonds is 3. The summed E-state index contributed by atoms with van der Waals surface area (Å²) in [4.78, 5) is 11.5. The van der Waals surface area contributed by atoms with Crippen molar-refractivity contribution in [2.24, 2.45) is 0 Å². The normalized spacial score (nSPS) is 24.9. The lowest BCUT2D eigenvalue weighted by Gasteiger charge is -2.21. The lowest BCUT2D eigenvalue weighted by Crippen LogP contribution is -2.38. The zero-order valence-corrected chi connectivity index (χ0v) is 12.0. The van der Waals surface area contributed by atoms with Crippen LogP contribution < -0.4 is 5.32 Å². The van der Waals surface area contributed by atoms with Crippen molar-refractivity contribution < 1.29 is 22.1 Å². The van der Waals surface area contributed by atoms with E-state index in [0.29, 0.717) is 19.3 Å². The Bertz CT molecular complexity index is 398. The number of carbonyl (C=O) groups excluding carboxylic acids is 1. The monoisotopic (exact) mass is 279 g/mol. The first kappa shape index (κ1) is 15.2. The van der Waals surface area contributed by atoms with Crippen molar-refractivity contribution in [2.75, 3.05) is 6.26 Å². The van der Waals surface area contributed by atoms with Crippen LogP contribution in [0.15, 0.2) is 0 Å². The average molecular weight is 279 g/mol. The van der Waals surface area contributed by atoms with Crippen LogP contribution in [0.1, 0.15) is 40.0 Å². The minimum absolute atomic E-state index is 0.0911. The summed E-state index contributed by atoms with van der Waals surface area (Å²) in [6.45, 7) is 5.37. The molecular formula is C11H21NO5S. The van der Waals surface area contributed by atoms with E-state index in [1.54, 1.807) is 20.8 Å². The van der Waals surface area contributed by atoms with Gasteiger partial charge in [-0.05, 0) is 40.0 Å². The molecule has 1 amide bonds. The second-order valence-corrected chi connectivity index (χ2v) is 7.18. The van der Waals surface area contributed by atoms with Gasteiger partial charge in [0, 0.05) is 6.04 Å². The molecule has 7 heteroatoms. The molecule has 0 aromatic carbocycles. The minimum Gasteiger partial charge on any atom is -0.444 e. The van der Waals surface area contributed by atoms with Crippen LogP contribution in [0.4, 0.5) is 4.79 Å². The molecular weight excluding hydrogens is 258 g/mol. The number of hydrogen-bond acceptors (Lipinski definition) is 5. The third-order valence-electron chi connectivity index (χ3n) is 2.42. The fourth-order valence-corrected chi connectivity index (χ4v) is 2.55. The van der Waals surface area contributed by atoms with Gasteiger partial charge in [0.2, 0.25) is 0 Å². The predicted molar refractivity (Wildman–Crippen MR) is 66.7 cm³/mol. The van der Waals surface area contributed by atoms with Crippen LogP contribution in [-0.2, 0) is 19.0 Å². The Kier molecular flexibility index (Phi) is 4.61. The summed E-state index contributed by atoms with van der Waals surface area (Å²) in [5.41, 5.74) is -0.536. The predicted octanol–water partition coefficient (Wildman–Crippen LogP) is 1.41. The Morgan fingerprint density at radius 1 is 1.28 bits per heavy atom. The summed E-state index contributed by atoms with van der Waals surface area (Å²) in [5, 5.41) is 2.72. The summed E-state index contributed by atoms with van der Waals surface area (Å²) in [6, 6.07) is -0.0911. The molecule has 0 spiro atoms. The molecule has 6 nitrogen and oxygen atoms in total. The van der Waals surface area contributed by atoms with E-state index < -0.39 is 21.8 Å². The molecule has 106 valence electrons. The fraction of sp³-hybridized carbons (Fsp3) is 0.909. The highest BCUT2D eigenvalue weighted by Crippen LogP contribution is 2.23. The molecule has 18 heavy (non-hydrogen) atoms. The van der Waals surface area contributed by atoms with Gasteiger partial charge in [-0.15, -0.1) is 0 Å². The Labute approximate surface area is 108 Å². The molecule has 1 rings (SSSR count). The van der Waals surface area contributed by atoms with Crippen molar-refractivity contribution in [1.29, 1.82) is 0 Å². The number of alkyl carbamates (subject to hydrolysis) is 1. The van der Waals surface area contributed by atoms with Crippen LogP contribution in [-0.4, -0.2) is 38.5 Å². The number of nitrogens with one attached hydrogen (secondary N) is 1. The molecule has 1 saturated carbocycles. The van der Waals surface area contributed by atoms with Crippen molar-refractivity contribution in [3.8, 4) is 0 Å². The van der Waals surface area contributed by atoms with Gasteiger partial charge in [-0.1, -0.05) is 0 Å². The van der Waals surface area contributed by atoms with Crippen LogP contribution in [0, 0.1) is 0 Å². The first-order valence-electron chi connectivity index (χ1n) is 5.93. The van der Waals surface area contributed by atoms with Crippen LogP contribution >= 0.6 is 0 Å². The van der Waals surface area contributed by atoms with Crippen molar-refractivity contribution in [3.05, 3.63) is 0 Å². The van der Waals surface area contributed by atoms with Gasteiger partial charge in [0.15, 0.2) is 0 Å². The van der Waals surface area contributed by atoms with Gasteiger partial charge < -0.3 is 10.1 Å². The molecule has 1 fully saturated rings. The Balaban J connectivity index is 2.37. The van der Waals surface area contributed by atoms with Crippen LogP contribution in [0.5, 0.6) is 0 Å². The van der Waals surface area contributed by atoms with Crippen LogP contribution in [0.3, 0.4) is 0 Å². The highest BCUT2D eigenvalue weighted by Gasteiger charge is 2.30. The molecule has 1 aliphatic carbocycles. The van der Waals surface area contributed by atoms with Crippen molar-refractivity contribution in [3.63, 3.8) is 0 Å². The molecule has 0 aromatic rings. The summed E-state index contributed by atoms with van der Waals surface area (Å²) >= 11 is 0. The maximum atomic E-state index is 11.5. The quantitative estimate of drug-likeness (QED) is 0.790. The Morgan fingerprint density at radius 3 is 2.39 bits per heavy atom. The number of ether oxygens (including phenoxy) is 1. The molecule has 0 unspecified atom stereocenters. The third kappa shape index (κ3) is 6.20. The molecule has 2 atom stereocenters. The van der Waals surface area contributed by atoms with Gasteiger partial charge in [0.25, 0.3) is 10.1 Å². The van der Waals surface area contributed by atoms with Gasteiger partial charge >= 0.3 is 6.09 Å². The van der Waals surface area contributed by atoms with E-state index in [-0.39, 0.29) is 12.1 Å². The smallest absolute Gasteiger partial charge is 0.407 e. The number of hydrogen-bond donors (Lipinski definition) is 1. The maximum Gasteiger partial charge on any atom is 0.407 e. The summed E-state index contributed by atoms with van der Waals surface area (Å²) in [5.74, 6) is 0. The lowest BCUT2D eigenvalue weighted by molar-refractivity contribution is 0.0503. The molecule has 0 bridgehead atoms. The molecule has 0 radical (unpaired) electrons.